The van der Waals surface area contributed by atoms with E-state index in [9.17, 15) is 18.8 Å². The van der Waals surface area contributed by atoms with Crippen LogP contribution >= 0.6 is 11.3 Å². The van der Waals surface area contributed by atoms with Crippen LogP contribution in [0.1, 0.15) is 54.0 Å². The van der Waals surface area contributed by atoms with Crippen molar-refractivity contribution in [1.29, 1.82) is 0 Å². The van der Waals surface area contributed by atoms with E-state index in [0.29, 0.717) is 16.9 Å². The Kier molecular flexibility index (Phi) is 8.40. The Morgan fingerprint density at radius 3 is 2.37 bits per heavy atom. The van der Waals surface area contributed by atoms with Gasteiger partial charge in [0.25, 0.3) is 5.91 Å². The van der Waals surface area contributed by atoms with E-state index < -0.39 is 35.1 Å². The zero-order valence-corrected chi connectivity index (χ0v) is 21.1. The normalized spacial score (nSPS) is 12.0. The molecule has 3 amide bonds. The maximum Gasteiger partial charge on any atom is 0.261 e. The second-order valence-corrected chi connectivity index (χ2v) is 9.89. The van der Waals surface area contributed by atoms with Crippen LogP contribution in [0.4, 0.5) is 10.1 Å². The van der Waals surface area contributed by atoms with Gasteiger partial charge in [-0.2, -0.15) is 0 Å². The van der Waals surface area contributed by atoms with Crippen LogP contribution in [0, 0.1) is 12.7 Å². The number of nitrogens with zero attached hydrogens (tertiary/aromatic N) is 1. The number of hydrogen-bond donors (Lipinski definition) is 2. The standard InChI is InChI=1S/C27H30FN3O3S/c1-5-27(3,4)30-26(34)24(19-13-11-18(2)12-14-19)31(21-9-6-8-20(28)16-21)23(32)17-29-25(33)22-10-7-15-35-22/h6-16,24H,5,17H2,1-4H3,(H,29,33)(H,30,34)/t24-/m1/s1. The first-order valence-electron chi connectivity index (χ1n) is 11.4. The van der Waals surface area contributed by atoms with Crippen molar-refractivity contribution in [1.82, 2.24) is 10.6 Å². The zero-order valence-electron chi connectivity index (χ0n) is 20.3. The second-order valence-electron chi connectivity index (χ2n) is 8.94. The Labute approximate surface area is 209 Å². The SMILES string of the molecule is CCC(C)(C)NC(=O)[C@@H](c1ccc(C)cc1)N(C(=O)CNC(=O)c1cccs1)c1cccc(F)c1. The van der Waals surface area contributed by atoms with Crippen LogP contribution < -0.4 is 15.5 Å². The molecule has 0 unspecified atom stereocenters. The van der Waals surface area contributed by atoms with Gasteiger partial charge in [0, 0.05) is 11.2 Å². The molecule has 2 aromatic carbocycles. The molecule has 1 aromatic heterocycles. The lowest BCUT2D eigenvalue weighted by molar-refractivity contribution is -0.127. The van der Waals surface area contributed by atoms with Gasteiger partial charge in [-0.3, -0.25) is 19.3 Å². The predicted molar refractivity (Wildman–Crippen MR) is 137 cm³/mol. The van der Waals surface area contributed by atoms with Crippen molar-refractivity contribution in [2.45, 2.75) is 45.7 Å². The number of benzene rings is 2. The molecule has 1 heterocycles. The smallest absolute Gasteiger partial charge is 0.261 e. The molecular weight excluding hydrogens is 465 g/mol. The molecule has 8 heteroatoms. The Morgan fingerprint density at radius 2 is 1.77 bits per heavy atom. The van der Waals surface area contributed by atoms with Crippen molar-refractivity contribution in [2.24, 2.45) is 0 Å². The van der Waals surface area contributed by atoms with E-state index >= 15 is 0 Å². The van der Waals surface area contributed by atoms with Gasteiger partial charge in [0.1, 0.15) is 11.9 Å². The summed E-state index contributed by atoms with van der Waals surface area (Å²) in [5.74, 6) is -1.88. The van der Waals surface area contributed by atoms with Gasteiger partial charge in [-0.25, -0.2) is 4.39 Å². The van der Waals surface area contributed by atoms with Crippen molar-refractivity contribution in [3.05, 3.63) is 87.9 Å². The number of anilines is 1. The van der Waals surface area contributed by atoms with E-state index in [1.54, 1.807) is 35.7 Å². The molecule has 0 bridgehead atoms. The molecule has 3 rings (SSSR count). The maximum absolute atomic E-state index is 14.2. The summed E-state index contributed by atoms with van der Waals surface area (Å²) in [4.78, 5) is 41.4. The van der Waals surface area contributed by atoms with E-state index in [4.69, 9.17) is 0 Å². The molecule has 0 saturated heterocycles. The van der Waals surface area contributed by atoms with E-state index in [1.165, 1.54) is 34.4 Å². The molecule has 0 aliphatic rings. The highest BCUT2D eigenvalue weighted by atomic mass is 32.1. The van der Waals surface area contributed by atoms with Gasteiger partial charge >= 0.3 is 0 Å². The number of halogens is 1. The Balaban J connectivity index is 2.03. The minimum absolute atomic E-state index is 0.218. The van der Waals surface area contributed by atoms with Crippen LogP contribution in [0.15, 0.2) is 66.0 Å². The summed E-state index contributed by atoms with van der Waals surface area (Å²) in [6, 6.07) is 15.1. The molecule has 0 spiro atoms. The lowest BCUT2D eigenvalue weighted by Gasteiger charge is -2.34. The van der Waals surface area contributed by atoms with Crippen LogP contribution in [-0.2, 0) is 9.59 Å². The van der Waals surface area contributed by atoms with Gasteiger partial charge < -0.3 is 10.6 Å². The van der Waals surface area contributed by atoms with E-state index in [1.807, 2.05) is 39.8 Å². The first-order chi connectivity index (χ1) is 16.6. The Morgan fingerprint density at radius 1 is 1.06 bits per heavy atom. The first kappa shape index (κ1) is 26.1. The fraction of sp³-hybridized carbons (Fsp3) is 0.296. The lowest BCUT2D eigenvalue weighted by atomic mass is 9.97. The summed E-state index contributed by atoms with van der Waals surface area (Å²) in [6.07, 6.45) is 0.671. The van der Waals surface area contributed by atoms with Gasteiger partial charge in [0.05, 0.1) is 11.4 Å². The molecule has 0 saturated carbocycles. The number of carbonyl (C=O) groups is 3. The summed E-state index contributed by atoms with van der Waals surface area (Å²) >= 11 is 1.26. The quantitative estimate of drug-likeness (QED) is 0.438. The third kappa shape index (κ3) is 6.76. The summed E-state index contributed by atoms with van der Waals surface area (Å²) in [7, 11) is 0. The number of carbonyl (C=O) groups excluding carboxylic acids is 3. The van der Waals surface area contributed by atoms with E-state index in [-0.39, 0.29) is 12.2 Å². The molecule has 2 N–H and O–H groups in total. The monoisotopic (exact) mass is 495 g/mol. The summed E-state index contributed by atoms with van der Waals surface area (Å²) in [5, 5.41) is 7.40. The fourth-order valence-electron chi connectivity index (χ4n) is 3.46. The van der Waals surface area contributed by atoms with Gasteiger partial charge in [0.15, 0.2) is 0 Å². The van der Waals surface area contributed by atoms with Gasteiger partial charge in [-0.15, -0.1) is 11.3 Å². The first-order valence-corrected chi connectivity index (χ1v) is 12.3. The highest BCUT2D eigenvalue weighted by Crippen LogP contribution is 2.30. The molecule has 6 nitrogen and oxygen atoms in total. The third-order valence-electron chi connectivity index (χ3n) is 5.75. The van der Waals surface area contributed by atoms with Crippen molar-refractivity contribution >= 4 is 34.7 Å². The molecule has 35 heavy (non-hydrogen) atoms. The average Bonchev–Trinajstić information content (AvgIpc) is 3.36. The molecule has 0 aliphatic carbocycles. The van der Waals surface area contributed by atoms with Gasteiger partial charge in [0.2, 0.25) is 11.8 Å². The third-order valence-corrected chi connectivity index (χ3v) is 6.61. The van der Waals surface area contributed by atoms with Crippen molar-refractivity contribution in [3.8, 4) is 0 Å². The van der Waals surface area contributed by atoms with Crippen molar-refractivity contribution in [3.63, 3.8) is 0 Å². The topological polar surface area (TPSA) is 78.5 Å². The fourth-order valence-corrected chi connectivity index (χ4v) is 4.10. The minimum Gasteiger partial charge on any atom is -0.349 e. The molecule has 1 atom stereocenters. The van der Waals surface area contributed by atoms with Crippen LogP contribution in [-0.4, -0.2) is 29.8 Å². The summed E-state index contributed by atoms with van der Waals surface area (Å²) in [5.41, 5.74) is 1.26. The van der Waals surface area contributed by atoms with Gasteiger partial charge in [-0.05, 0) is 62.4 Å². The highest BCUT2D eigenvalue weighted by molar-refractivity contribution is 7.12. The summed E-state index contributed by atoms with van der Waals surface area (Å²) in [6.45, 7) is 7.31. The molecular formula is C27H30FN3O3S. The second kappa shape index (κ2) is 11.3. The van der Waals surface area contributed by atoms with Crippen LogP contribution in [0.2, 0.25) is 0 Å². The largest absolute Gasteiger partial charge is 0.349 e. The lowest BCUT2D eigenvalue weighted by Crippen LogP contribution is -2.52. The molecule has 184 valence electrons. The Bertz CT molecular complexity index is 1180. The van der Waals surface area contributed by atoms with Crippen molar-refractivity contribution < 1.29 is 18.8 Å². The molecule has 0 aliphatic heterocycles. The number of rotatable bonds is 9. The van der Waals surface area contributed by atoms with Crippen LogP contribution in [0.3, 0.4) is 0 Å². The highest BCUT2D eigenvalue weighted by Gasteiger charge is 2.35. The van der Waals surface area contributed by atoms with Gasteiger partial charge in [-0.1, -0.05) is 48.9 Å². The van der Waals surface area contributed by atoms with Crippen LogP contribution in [0.25, 0.3) is 0 Å². The van der Waals surface area contributed by atoms with Crippen LogP contribution in [0.5, 0.6) is 0 Å². The predicted octanol–water partition coefficient (Wildman–Crippen LogP) is 5.00. The number of aryl methyl sites for hydroxylation is 1. The zero-order chi connectivity index (χ0) is 25.6. The number of thiophene rings is 1. The maximum atomic E-state index is 14.2. The van der Waals surface area contributed by atoms with Crippen molar-refractivity contribution in [2.75, 3.05) is 11.4 Å². The number of amides is 3. The number of hydrogen-bond acceptors (Lipinski definition) is 4. The minimum atomic E-state index is -1.07. The summed E-state index contributed by atoms with van der Waals surface area (Å²) < 4.78 is 14.2. The average molecular weight is 496 g/mol. The van der Waals surface area contributed by atoms with E-state index in [0.717, 1.165) is 5.56 Å². The molecule has 0 fully saturated rings. The Hall–Kier alpha value is -3.52. The molecule has 0 radical (unpaired) electrons. The number of nitrogens with one attached hydrogen (secondary N) is 2. The van der Waals surface area contributed by atoms with E-state index in [2.05, 4.69) is 10.6 Å². The molecule has 3 aromatic rings.